The lowest BCUT2D eigenvalue weighted by Gasteiger charge is -2.11. The van der Waals surface area contributed by atoms with Crippen LogP contribution < -0.4 is 26.2 Å². The molecule has 1 amide bonds. The molecule has 0 saturated heterocycles. The Hall–Kier alpha value is -4.24. The van der Waals surface area contributed by atoms with E-state index in [-0.39, 0.29) is 35.8 Å². The van der Waals surface area contributed by atoms with Crippen molar-refractivity contribution in [2.75, 3.05) is 30.8 Å². The van der Waals surface area contributed by atoms with Gasteiger partial charge in [-0.15, -0.1) is 0 Å². The third kappa shape index (κ3) is 6.37. The topological polar surface area (TPSA) is 223 Å². The zero-order chi connectivity index (χ0) is 24.8. The molecule has 0 aromatic heterocycles. The number of carbonyl (C=O) groups is 1. The van der Waals surface area contributed by atoms with Crippen LogP contribution in [0, 0.1) is 20.2 Å². The van der Waals surface area contributed by atoms with E-state index in [2.05, 4.69) is 10.6 Å². The van der Waals surface area contributed by atoms with Gasteiger partial charge in [-0.3, -0.25) is 25.0 Å². The van der Waals surface area contributed by atoms with Gasteiger partial charge in [0.1, 0.15) is 11.4 Å². The molecule has 15 heteroatoms. The van der Waals surface area contributed by atoms with Crippen LogP contribution in [0.5, 0.6) is 5.75 Å². The quantitative estimate of drug-likeness (QED) is 0.205. The first-order chi connectivity index (χ1) is 15.5. The van der Waals surface area contributed by atoms with Crippen molar-refractivity contribution in [3.8, 4) is 5.75 Å². The minimum Gasteiger partial charge on any atom is -0.494 e. The van der Waals surface area contributed by atoms with Crippen LogP contribution in [0.2, 0.25) is 0 Å². The van der Waals surface area contributed by atoms with Gasteiger partial charge in [0.15, 0.2) is 5.69 Å². The zero-order valence-corrected chi connectivity index (χ0v) is 18.0. The molecule has 0 atom stereocenters. The Labute approximate surface area is 187 Å². The molecule has 0 heterocycles. The summed E-state index contributed by atoms with van der Waals surface area (Å²) in [6.45, 7) is 0.234. The molecule has 2 rings (SSSR count). The van der Waals surface area contributed by atoms with Gasteiger partial charge in [-0.05, 0) is 18.2 Å². The number of sulfonamides is 1. The van der Waals surface area contributed by atoms with Gasteiger partial charge in [0.2, 0.25) is 15.9 Å². The standard InChI is InChI=1S/C18H20N6O8S/c1-32-16-9-11(18(19)25)8-15(24(28)29)17(16)22-7-3-2-6-21-13-5-4-12(33(20,30)31)10-14(13)23(26)27/h2-5,8-10,21-22H,6-7H2,1H3,(H2,19,25)(H2,20,30,31). The summed E-state index contributed by atoms with van der Waals surface area (Å²) in [7, 11) is -2.82. The number of carbonyl (C=O) groups excluding carboxylic acids is 1. The highest BCUT2D eigenvalue weighted by atomic mass is 32.2. The van der Waals surface area contributed by atoms with Crippen LogP contribution >= 0.6 is 0 Å². The summed E-state index contributed by atoms with van der Waals surface area (Å²) in [4.78, 5) is 32.1. The molecule has 176 valence electrons. The minimum atomic E-state index is -4.10. The highest BCUT2D eigenvalue weighted by Gasteiger charge is 2.22. The van der Waals surface area contributed by atoms with Crippen LogP contribution in [0.4, 0.5) is 22.7 Å². The Morgan fingerprint density at radius 3 is 2.18 bits per heavy atom. The maximum atomic E-state index is 11.4. The predicted molar refractivity (Wildman–Crippen MR) is 119 cm³/mol. The molecule has 0 fully saturated rings. The highest BCUT2D eigenvalue weighted by molar-refractivity contribution is 7.89. The summed E-state index contributed by atoms with van der Waals surface area (Å²) in [5, 5.41) is 33.1. The van der Waals surface area contributed by atoms with E-state index < -0.39 is 42.0 Å². The van der Waals surface area contributed by atoms with Crippen LogP contribution in [0.1, 0.15) is 10.4 Å². The van der Waals surface area contributed by atoms with Gasteiger partial charge in [0, 0.05) is 30.8 Å². The number of primary sulfonamides is 1. The number of nitrogens with one attached hydrogen (secondary N) is 2. The smallest absolute Gasteiger partial charge is 0.296 e. The molecule has 0 aliphatic carbocycles. The minimum absolute atomic E-state index is 0.0410. The first-order valence-corrected chi connectivity index (χ1v) is 10.6. The van der Waals surface area contributed by atoms with Gasteiger partial charge in [-0.1, -0.05) is 12.2 Å². The molecule has 0 radical (unpaired) electrons. The fourth-order valence-corrected chi connectivity index (χ4v) is 3.24. The number of hydrogen-bond acceptors (Lipinski definition) is 10. The van der Waals surface area contributed by atoms with Crippen molar-refractivity contribution in [1.29, 1.82) is 0 Å². The average molecular weight is 480 g/mol. The Kier molecular flexibility index (Phi) is 7.87. The molecule has 0 bridgehead atoms. The summed E-state index contributed by atoms with van der Waals surface area (Å²) < 4.78 is 27.9. The molecule has 0 aliphatic heterocycles. The summed E-state index contributed by atoms with van der Waals surface area (Å²) in [5.41, 5.74) is 4.34. The summed E-state index contributed by atoms with van der Waals surface area (Å²) in [6, 6.07) is 5.51. The molecular weight excluding hydrogens is 460 g/mol. The Balaban J connectivity index is 2.09. The van der Waals surface area contributed by atoms with E-state index in [1.165, 1.54) is 19.2 Å². The van der Waals surface area contributed by atoms with Gasteiger partial charge in [-0.25, -0.2) is 13.6 Å². The Bertz CT molecular complexity index is 1230. The van der Waals surface area contributed by atoms with Crippen molar-refractivity contribution < 1.29 is 27.8 Å². The van der Waals surface area contributed by atoms with Crippen LogP contribution in [-0.4, -0.2) is 44.4 Å². The number of rotatable bonds is 11. The molecule has 6 N–H and O–H groups in total. The Morgan fingerprint density at radius 1 is 1.06 bits per heavy atom. The second-order valence-corrected chi connectivity index (χ2v) is 7.97. The second-order valence-electron chi connectivity index (χ2n) is 6.41. The van der Waals surface area contributed by atoms with E-state index >= 15 is 0 Å². The van der Waals surface area contributed by atoms with E-state index in [0.717, 1.165) is 18.2 Å². The number of hydrogen-bond donors (Lipinski definition) is 4. The van der Waals surface area contributed by atoms with Gasteiger partial charge in [0.25, 0.3) is 11.4 Å². The third-order valence-corrected chi connectivity index (χ3v) is 5.16. The normalized spacial score (nSPS) is 11.2. The fourth-order valence-electron chi connectivity index (χ4n) is 2.71. The number of methoxy groups -OCH3 is 1. The highest BCUT2D eigenvalue weighted by Crippen LogP contribution is 2.35. The predicted octanol–water partition coefficient (Wildman–Crippen LogP) is 1.34. The number of amides is 1. The van der Waals surface area contributed by atoms with Gasteiger partial charge in [-0.2, -0.15) is 0 Å². The van der Waals surface area contributed by atoms with Crippen molar-refractivity contribution in [3.63, 3.8) is 0 Å². The summed E-state index contributed by atoms with van der Waals surface area (Å²) in [5.74, 6) is -0.796. The van der Waals surface area contributed by atoms with Crippen molar-refractivity contribution >= 4 is 38.7 Å². The average Bonchev–Trinajstić information content (AvgIpc) is 2.74. The molecule has 0 spiro atoms. The van der Waals surface area contributed by atoms with Crippen molar-refractivity contribution in [2.24, 2.45) is 10.9 Å². The van der Waals surface area contributed by atoms with E-state index in [1.807, 2.05) is 0 Å². The van der Waals surface area contributed by atoms with E-state index in [9.17, 15) is 33.4 Å². The number of nitro benzene ring substituents is 2. The number of nitrogens with zero attached hydrogens (tertiary/aromatic N) is 2. The van der Waals surface area contributed by atoms with Gasteiger partial charge >= 0.3 is 0 Å². The van der Waals surface area contributed by atoms with E-state index in [4.69, 9.17) is 15.6 Å². The fraction of sp³-hybridized carbons (Fsp3) is 0.167. The van der Waals surface area contributed by atoms with Crippen molar-refractivity contribution in [3.05, 3.63) is 68.3 Å². The SMILES string of the molecule is COc1cc(C(N)=O)cc([N+](=O)[O-])c1NCC=CCNc1ccc(S(N)(=O)=O)cc1[N+](=O)[O-]. The maximum Gasteiger partial charge on any atom is 0.296 e. The molecule has 2 aromatic rings. The number of anilines is 2. The lowest BCUT2D eigenvalue weighted by Crippen LogP contribution is -2.13. The number of nitro groups is 2. The monoisotopic (exact) mass is 480 g/mol. The molecule has 0 saturated carbocycles. The zero-order valence-electron chi connectivity index (χ0n) is 17.2. The van der Waals surface area contributed by atoms with Crippen LogP contribution in [-0.2, 0) is 10.0 Å². The molecule has 14 nitrogen and oxygen atoms in total. The maximum absolute atomic E-state index is 11.4. The second kappa shape index (κ2) is 10.4. The third-order valence-electron chi connectivity index (χ3n) is 4.25. The number of primary amides is 1. The van der Waals surface area contributed by atoms with Crippen LogP contribution in [0.25, 0.3) is 0 Å². The molecule has 0 aliphatic rings. The Morgan fingerprint density at radius 2 is 1.67 bits per heavy atom. The van der Waals surface area contributed by atoms with Gasteiger partial charge in [0.05, 0.1) is 21.9 Å². The number of nitrogens with two attached hydrogens (primary N) is 2. The molecule has 2 aromatic carbocycles. The first-order valence-electron chi connectivity index (χ1n) is 9.06. The molecule has 0 unspecified atom stereocenters. The number of benzene rings is 2. The van der Waals surface area contributed by atoms with Gasteiger partial charge < -0.3 is 21.1 Å². The van der Waals surface area contributed by atoms with Crippen LogP contribution in [0.15, 0.2) is 47.4 Å². The van der Waals surface area contributed by atoms with Crippen molar-refractivity contribution in [2.45, 2.75) is 4.90 Å². The molecule has 33 heavy (non-hydrogen) atoms. The number of ether oxygens (including phenoxy) is 1. The van der Waals surface area contributed by atoms with E-state index in [0.29, 0.717) is 0 Å². The van der Waals surface area contributed by atoms with E-state index in [1.54, 1.807) is 12.2 Å². The summed E-state index contributed by atoms with van der Waals surface area (Å²) in [6.07, 6.45) is 3.17. The molecular formula is C18H20N6O8S. The summed E-state index contributed by atoms with van der Waals surface area (Å²) >= 11 is 0. The lowest BCUT2D eigenvalue weighted by molar-refractivity contribution is -0.384. The largest absolute Gasteiger partial charge is 0.494 e. The lowest BCUT2D eigenvalue weighted by atomic mass is 10.1. The first kappa shape index (κ1) is 25.0. The van der Waals surface area contributed by atoms with Crippen LogP contribution in [0.3, 0.4) is 0 Å². The van der Waals surface area contributed by atoms with Crippen molar-refractivity contribution in [1.82, 2.24) is 0 Å².